The van der Waals surface area contributed by atoms with Crippen molar-refractivity contribution in [1.82, 2.24) is 14.9 Å². The Labute approximate surface area is 155 Å². The van der Waals surface area contributed by atoms with E-state index in [2.05, 4.69) is 9.97 Å². The number of carbonyl (C=O) groups is 1. The summed E-state index contributed by atoms with van der Waals surface area (Å²) >= 11 is 1.62. The Hall–Kier alpha value is -2.47. The van der Waals surface area contributed by atoms with Crippen molar-refractivity contribution in [3.63, 3.8) is 0 Å². The Balaban J connectivity index is 1.41. The van der Waals surface area contributed by atoms with Crippen LogP contribution in [0.4, 0.5) is 4.39 Å². The van der Waals surface area contributed by atoms with Crippen LogP contribution in [0.15, 0.2) is 41.9 Å². The van der Waals surface area contributed by atoms with Crippen LogP contribution in [-0.4, -0.2) is 33.9 Å². The van der Waals surface area contributed by atoms with Crippen LogP contribution in [0.2, 0.25) is 0 Å². The summed E-state index contributed by atoms with van der Waals surface area (Å²) in [6.45, 7) is 1.69. The van der Waals surface area contributed by atoms with E-state index < -0.39 is 0 Å². The molecule has 1 aliphatic heterocycles. The average molecular weight is 369 g/mol. The van der Waals surface area contributed by atoms with E-state index in [4.69, 9.17) is 0 Å². The number of thiazole rings is 1. The number of rotatable bonds is 5. The van der Waals surface area contributed by atoms with E-state index in [0.717, 1.165) is 60.6 Å². The smallest absolute Gasteiger partial charge is 0.270 e. The van der Waals surface area contributed by atoms with Crippen LogP contribution >= 0.6 is 11.3 Å². The number of aromatic amines is 1. The van der Waals surface area contributed by atoms with Gasteiger partial charge in [-0.2, -0.15) is 0 Å². The van der Waals surface area contributed by atoms with Crippen LogP contribution in [0, 0.1) is 5.82 Å². The number of hydrogen-bond donors (Lipinski definition) is 1. The molecular weight excluding hydrogens is 349 g/mol. The largest absolute Gasteiger partial charge is 0.357 e. The number of hydrogen-bond acceptors (Lipinski definition) is 3. The van der Waals surface area contributed by atoms with E-state index in [0.29, 0.717) is 5.69 Å². The lowest BCUT2D eigenvalue weighted by molar-refractivity contribution is 0.0788. The Bertz CT molecular complexity index is 894. The number of H-pyrrole nitrogens is 1. The molecule has 0 unspecified atom stereocenters. The molecular formula is C20H20FN3OS. The maximum absolute atomic E-state index is 13.0. The Morgan fingerprint density at radius 1 is 1.19 bits per heavy atom. The molecule has 26 heavy (non-hydrogen) atoms. The van der Waals surface area contributed by atoms with Gasteiger partial charge in [-0.05, 0) is 43.0 Å². The van der Waals surface area contributed by atoms with Crippen molar-refractivity contribution >= 4 is 17.2 Å². The third-order valence-electron chi connectivity index (χ3n) is 4.70. The summed E-state index contributed by atoms with van der Waals surface area (Å²) in [6.07, 6.45) is 5.67. The van der Waals surface area contributed by atoms with Crippen molar-refractivity contribution in [3.05, 3.63) is 64.0 Å². The second-order valence-corrected chi connectivity index (χ2v) is 7.50. The van der Waals surface area contributed by atoms with Crippen LogP contribution in [0.25, 0.3) is 11.3 Å². The first-order valence-corrected chi connectivity index (χ1v) is 9.74. The summed E-state index contributed by atoms with van der Waals surface area (Å²) in [5, 5.41) is 3.06. The van der Waals surface area contributed by atoms with Crippen molar-refractivity contribution in [2.75, 3.05) is 13.1 Å². The van der Waals surface area contributed by atoms with Gasteiger partial charge >= 0.3 is 0 Å². The van der Waals surface area contributed by atoms with Gasteiger partial charge in [0.05, 0.1) is 10.7 Å². The van der Waals surface area contributed by atoms with Crippen molar-refractivity contribution in [2.24, 2.45) is 0 Å². The van der Waals surface area contributed by atoms with Crippen molar-refractivity contribution in [2.45, 2.75) is 25.7 Å². The summed E-state index contributed by atoms with van der Waals surface area (Å²) in [5.41, 5.74) is 3.56. The number of amides is 1. The van der Waals surface area contributed by atoms with E-state index in [-0.39, 0.29) is 11.7 Å². The van der Waals surface area contributed by atoms with Gasteiger partial charge in [-0.15, -0.1) is 11.3 Å². The summed E-state index contributed by atoms with van der Waals surface area (Å²) in [5.74, 6) is -0.141. The molecule has 0 spiro atoms. The molecule has 0 saturated carbocycles. The zero-order valence-electron chi connectivity index (χ0n) is 14.4. The first-order valence-electron chi connectivity index (χ1n) is 8.86. The Morgan fingerprint density at radius 3 is 2.73 bits per heavy atom. The molecule has 1 fully saturated rings. The van der Waals surface area contributed by atoms with Crippen LogP contribution in [0.3, 0.4) is 0 Å². The van der Waals surface area contributed by atoms with Gasteiger partial charge < -0.3 is 9.88 Å². The minimum absolute atomic E-state index is 0.0699. The second-order valence-electron chi connectivity index (χ2n) is 6.55. The molecule has 4 rings (SSSR count). The summed E-state index contributed by atoms with van der Waals surface area (Å²) < 4.78 is 13.0. The molecule has 2 aromatic heterocycles. The van der Waals surface area contributed by atoms with Gasteiger partial charge in [0.25, 0.3) is 5.91 Å². The maximum atomic E-state index is 13.0. The lowest BCUT2D eigenvalue weighted by atomic mass is 10.1. The van der Waals surface area contributed by atoms with Gasteiger partial charge in [-0.1, -0.05) is 12.1 Å². The van der Waals surface area contributed by atoms with E-state index in [1.165, 1.54) is 12.1 Å². The molecule has 1 aromatic carbocycles. The first kappa shape index (κ1) is 17.0. The molecule has 0 radical (unpaired) electrons. The molecule has 6 heteroatoms. The highest BCUT2D eigenvalue weighted by Gasteiger charge is 2.21. The van der Waals surface area contributed by atoms with E-state index in [1.807, 2.05) is 34.7 Å². The fourth-order valence-corrected chi connectivity index (χ4v) is 4.02. The summed E-state index contributed by atoms with van der Waals surface area (Å²) in [6, 6.07) is 8.49. The standard InChI is InChI=1S/C20H20FN3OS/c21-16-6-3-14(4-7-16)5-8-19-23-18(13-26-19)15-11-17(22-12-15)20(25)24-9-1-2-10-24/h3-4,6-7,11-13,22H,1-2,5,8-10H2. The molecule has 1 N–H and O–H groups in total. The number of carbonyl (C=O) groups excluding carboxylic acids is 1. The lowest BCUT2D eigenvalue weighted by Gasteiger charge is -2.13. The number of aromatic nitrogens is 2. The fraction of sp³-hybridized carbons (Fsp3) is 0.300. The van der Waals surface area contributed by atoms with Crippen LogP contribution in [0.1, 0.15) is 33.9 Å². The molecule has 0 bridgehead atoms. The number of aryl methyl sites for hydroxylation is 2. The van der Waals surface area contributed by atoms with E-state index in [9.17, 15) is 9.18 Å². The van der Waals surface area contributed by atoms with Gasteiger partial charge in [-0.25, -0.2) is 9.37 Å². The maximum Gasteiger partial charge on any atom is 0.270 e. The molecule has 4 nitrogen and oxygen atoms in total. The molecule has 1 aliphatic rings. The molecule has 1 amide bonds. The van der Waals surface area contributed by atoms with E-state index in [1.54, 1.807) is 11.3 Å². The van der Waals surface area contributed by atoms with E-state index >= 15 is 0 Å². The second kappa shape index (κ2) is 7.41. The molecule has 3 heterocycles. The predicted octanol–water partition coefficient (Wildman–Crippen LogP) is 4.30. The highest BCUT2D eigenvalue weighted by molar-refractivity contribution is 7.09. The average Bonchev–Trinajstić information content (AvgIpc) is 3.41. The van der Waals surface area contributed by atoms with Crippen LogP contribution < -0.4 is 0 Å². The normalized spacial score (nSPS) is 14.1. The molecule has 3 aromatic rings. The Kier molecular flexibility index (Phi) is 4.84. The highest BCUT2D eigenvalue weighted by atomic mass is 32.1. The van der Waals surface area contributed by atoms with Crippen LogP contribution in [-0.2, 0) is 12.8 Å². The van der Waals surface area contributed by atoms with Crippen molar-refractivity contribution in [3.8, 4) is 11.3 Å². The monoisotopic (exact) mass is 369 g/mol. The SMILES string of the molecule is O=C(c1cc(-c2csc(CCc3ccc(F)cc3)n2)c[nH]1)N1CCCC1. The molecule has 0 aliphatic carbocycles. The van der Waals surface area contributed by atoms with Gasteiger partial charge in [0.1, 0.15) is 11.5 Å². The zero-order chi connectivity index (χ0) is 17.9. The van der Waals surface area contributed by atoms with Crippen molar-refractivity contribution in [1.29, 1.82) is 0 Å². The molecule has 1 saturated heterocycles. The molecule has 0 atom stereocenters. The third-order valence-corrected chi connectivity index (χ3v) is 5.60. The first-order chi connectivity index (χ1) is 12.7. The fourth-order valence-electron chi connectivity index (χ4n) is 3.22. The van der Waals surface area contributed by atoms with Crippen LogP contribution in [0.5, 0.6) is 0 Å². The highest BCUT2D eigenvalue weighted by Crippen LogP contribution is 2.24. The number of halogens is 1. The Morgan fingerprint density at radius 2 is 1.96 bits per heavy atom. The summed E-state index contributed by atoms with van der Waals surface area (Å²) in [4.78, 5) is 22.1. The lowest BCUT2D eigenvalue weighted by Crippen LogP contribution is -2.27. The number of nitrogens with zero attached hydrogens (tertiary/aromatic N) is 2. The summed E-state index contributed by atoms with van der Waals surface area (Å²) in [7, 11) is 0. The van der Waals surface area contributed by atoms with Gasteiger partial charge in [0.2, 0.25) is 0 Å². The predicted molar refractivity (Wildman–Crippen MR) is 101 cm³/mol. The number of nitrogens with one attached hydrogen (secondary N) is 1. The van der Waals surface area contributed by atoms with Gasteiger partial charge in [0, 0.05) is 36.7 Å². The minimum Gasteiger partial charge on any atom is -0.357 e. The number of benzene rings is 1. The minimum atomic E-state index is -0.211. The van der Waals surface area contributed by atoms with Crippen molar-refractivity contribution < 1.29 is 9.18 Å². The topological polar surface area (TPSA) is 49.0 Å². The van der Waals surface area contributed by atoms with Gasteiger partial charge in [-0.3, -0.25) is 4.79 Å². The zero-order valence-corrected chi connectivity index (χ0v) is 15.2. The van der Waals surface area contributed by atoms with Gasteiger partial charge in [0.15, 0.2) is 0 Å². The number of likely N-dealkylation sites (tertiary alicyclic amines) is 1. The quantitative estimate of drug-likeness (QED) is 0.729. The third kappa shape index (κ3) is 3.70. The molecule has 134 valence electrons.